The van der Waals surface area contributed by atoms with Crippen molar-refractivity contribution < 1.29 is 19.0 Å². The molecule has 2 aliphatic heterocycles. The van der Waals surface area contributed by atoms with Crippen molar-refractivity contribution in [1.82, 2.24) is 4.90 Å². The van der Waals surface area contributed by atoms with Crippen molar-refractivity contribution in [2.24, 2.45) is 4.99 Å². The van der Waals surface area contributed by atoms with Gasteiger partial charge in [-0.05, 0) is 54.4 Å². The molecule has 3 aromatic carbocycles. The average molecular weight is 548 g/mol. The number of hydrogen-bond acceptors (Lipinski definition) is 7. The minimum Gasteiger partial charge on any atom is -0.493 e. The predicted molar refractivity (Wildman–Crippen MR) is 153 cm³/mol. The third-order valence-electron chi connectivity index (χ3n) is 6.35. The van der Waals surface area contributed by atoms with Gasteiger partial charge in [-0.15, -0.1) is 0 Å². The summed E-state index contributed by atoms with van der Waals surface area (Å²) in [5, 5.41) is 6.49. The van der Waals surface area contributed by atoms with Crippen LogP contribution in [0.2, 0.25) is 5.02 Å². The van der Waals surface area contributed by atoms with Gasteiger partial charge in [0.1, 0.15) is 0 Å². The number of carbonyl (C=O) groups excluding carboxylic acids is 1. The quantitative estimate of drug-likeness (QED) is 0.353. The van der Waals surface area contributed by atoms with Gasteiger partial charge in [-0.2, -0.15) is 0 Å². The number of fused-ring (bicyclic) bond motifs is 1. The van der Waals surface area contributed by atoms with Crippen molar-refractivity contribution in [3.05, 3.63) is 99.6 Å². The Morgan fingerprint density at radius 2 is 1.63 bits per heavy atom. The van der Waals surface area contributed by atoms with Crippen LogP contribution in [-0.2, 0) is 4.79 Å². The molecule has 0 spiro atoms. The predicted octanol–water partition coefficient (Wildman–Crippen LogP) is 6.74. The molecule has 2 heterocycles. The maximum atomic E-state index is 13.9. The van der Waals surface area contributed by atoms with Gasteiger partial charge in [-0.1, -0.05) is 53.7 Å². The van der Waals surface area contributed by atoms with Crippen molar-refractivity contribution in [3.63, 3.8) is 0 Å². The molecule has 0 unspecified atom stereocenters. The fourth-order valence-electron chi connectivity index (χ4n) is 4.60. The van der Waals surface area contributed by atoms with Gasteiger partial charge < -0.3 is 24.4 Å². The van der Waals surface area contributed by atoms with Crippen LogP contribution in [0.5, 0.6) is 17.2 Å². The van der Waals surface area contributed by atoms with Crippen LogP contribution in [0.1, 0.15) is 24.1 Å². The molecular weight excluding hydrogens is 522 g/mol. The fraction of sp³-hybridized carbons (Fsp3) is 0.172. The van der Waals surface area contributed by atoms with E-state index in [1.165, 1.54) is 11.8 Å². The highest BCUT2D eigenvalue weighted by atomic mass is 35.5. The first-order valence-corrected chi connectivity index (χ1v) is 13.1. The molecule has 0 saturated heterocycles. The van der Waals surface area contributed by atoms with Crippen LogP contribution in [0, 0.1) is 0 Å². The summed E-state index contributed by atoms with van der Waals surface area (Å²) in [6.07, 6.45) is 0. The van der Waals surface area contributed by atoms with Gasteiger partial charge in [0.25, 0.3) is 5.91 Å². The van der Waals surface area contributed by atoms with E-state index >= 15 is 0 Å². The minimum atomic E-state index is -0.531. The summed E-state index contributed by atoms with van der Waals surface area (Å²) >= 11 is 7.68. The lowest BCUT2D eigenvalue weighted by atomic mass is 9.92. The van der Waals surface area contributed by atoms with Crippen molar-refractivity contribution in [3.8, 4) is 17.2 Å². The van der Waals surface area contributed by atoms with E-state index < -0.39 is 6.04 Å². The Balaban J connectivity index is 1.68. The molecule has 9 heteroatoms. The maximum Gasteiger partial charge on any atom is 0.255 e. The number of amides is 1. The van der Waals surface area contributed by atoms with E-state index in [1.807, 2.05) is 79.1 Å². The molecule has 2 aliphatic rings. The van der Waals surface area contributed by atoms with Gasteiger partial charge in [0.2, 0.25) is 5.75 Å². The smallest absolute Gasteiger partial charge is 0.255 e. The molecule has 38 heavy (non-hydrogen) atoms. The first kappa shape index (κ1) is 25.8. The van der Waals surface area contributed by atoms with Gasteiger partial charge in [0, 0.05) is 16.1 Å². The molecule has 194 valence electrons. The number of rotatable bonds is 7. The summed E-state index contributed by atoms with van der Waals surface area (Å²) in [6, 6.07) is 20.2. The second-order valence-electron chi connectivity index (χ2n) is 8.57. The second kappa shape index (κ2) is 10.8. The van der Waals surface area contributed by atoms with Crippen LogP contribution in [0.4, 0.5) is 5.69 Å². The zero-order chi connectivity index (χ0) is 26.8. The zero-order valence-electron chi connectivity index (χ0n) is 21.3. The van der Waals surface area contributed by atoms with Crippen LogP contribution in [0.3, 0.4) is 0 Å². The van der Waals surface area contributed by atoms with Gasteiger partial charge >= 0.3 is 0 Å². The second-order valence-corrected chi connectivity index (χ2v) is 9.85. The van der Waals surface area contributed by atoms with Crippen LogP contribution < -0.4 is 19.5 Å². The van der Waals surface area contributed by atoms with Gasteiger partial charge in [0.05, 0.1) is 44.3 Å². The lowest BCUT2D eigenvalue weighted by Gasteiger charge is -2.37. The van der Waals surface area contributed by atoms with Crippen molar-refractivity contribution in [2.75, 3.05) is 26.6 Å². The molecule has 1 atom stereocenters. The van der Waals surface area contributed by atoms with E-state index in [-0.39, 0.29) is 5.91 Å². The molecule has 1 N–H and O–H groups in total. The number of allylic oxidation sites excluding steroid dienone is 1. The van der Waals surface area contributed by atoms with Crippen LogP contribution in [0.25, 0.3) is 5.70 Å². The summed E-state index contributed by atoms with van der Waals surface area (Å²) in [5.74, 6) is 1.22. The number of ether oxygens (including phenoxy) is 3. The molecule has 0 bridgehead atoms. The Morgan fingerprint density at radius 1 is 0.974 bits per heavy atom. The number of thioether (sulfide) groups is 1. The third kappa shape index (κ3) is 4.73. The van der Waals surface area contributed by atoms with Crippen LogP contribution >= 0.6 is 23.4 Å². The molecule has 0 aromatic heterocycles. The Labute approximate surface area is 230 Å². The lowest BCUT2D eigenvalue weighted by Crippen LogP contribution is -2.37. The number of methoxy groups -OCH3 is 3. The standard InChI is InChI=1S/C29H26ClN3O4S/c1-17-25(28(34)32-21-8-6-5-7-9-21)26(19-14-23(35-2)27(37-4)24(15-19)36-3)33-22(16-38-29(33)31-17)18-10-12-20(30)13-11-18/h5-16,26H,1-4H3,(H,32,34)/t26-/m0/s1. The molecule has 5 rings (SSSR count). The highest BCUT2D eigenvalue weighted by Crippen LogP contribution is 2.49. The highest BCUT2D eigenvalue weighted by molar-refractivity contribution is 8.16. The zero-order valence-corrected chi connectivity index (χ0v) is 22.9. The monoisotopic (exact) mass is 547 g/mol. The van der Waals surface area contributed by atoms with Crippen molar-refractivity contribution in [2.45, 2.75) is 13.0 Å². The van der Waals surface area contributed by atoms with Crippen LogP contribution in [-0.4, -0.2) is 37.3 Å². The topological polar surface area (TPSA) is 72.4 Å². The number of nitrogens with zero attached hydrogens (tertiary/aromatic N) is 2. The Bertz CT molecular complexity index is 1440. The number of carbonyl (C=O) groups is 1. The number of anilines is 1. The Hall–Kier alpha value is -3.88. The molecule has 0 radical (unpaired) electrons. The van der Waals surface area contributed by atoms with E-state index in [0.717, 1.165) is 22.0 Å². The molecule has 3 aromatic rings. The maximum absolute atomic E-state index is 13.9. The van der Waals surface area contributed by atoms with E-state index in [9.17, 15) is 4.79 Å². The van der Waals surface area contributed by atoms with Crippen LogP contribution in [0.15, 0.2) is 88.4 Å². The number of hydrogen-bond donors (Lipinski definition) is 1. The van der Waals surface area contributed by atoms with E-state index in [1.54, 1.807) is 21.3 Å². The number of benzene rings is 3. The summed E-state index contributed by atoms with van der Waals surface area (Å²) in [7, 11) is 4.71. The Morgan fingerprint density at radius 3 is 2.24 bits per heavy atom. The summed E-state index contributed by atoms with van der Waals surface area (Å²) in [6.45, 7) is 1.86. The van der Waals surface area contributed by atoms with Crippen molar-refractivity contribution in [1.29, 1.82) is 0 Å². The van der Waals surface area contributed by atoms with E-state index in [0.29, 0.717) is 39.2 Å². The minimum absolute atomic E-state index is 0.248. The summed E-state index contributed by atoms with van der Waals surface area (Å²) in [4.78, 5) is 20.8. The number of halogens is 1. The molecule has 0 fully saturated rings. The molecular formula is C29H26ClN3O4S. The summed E-state index contributed by atoms with van der Waals surface area (Å²) in [5.41, 5.74) is 4.47. The summed E-state index contributed by atoms with van der Waals surface area (Å²) < 4.78 is 16.9. The molecule has 0 saturated carbocycles. The fourth-order valence-corrected chi connectivity index (χ4v) is 5.70. The highest BCUT2D eigenvalue weighted by Gasteiger charge is 2.41. The Kier molecular flexibility index (Phi) is 7.35. The van der Waals surface area contributed by atoms with Crippen molar-refractivity contribution >= 4 is 45.8 Å². The number of para-hydroxylation sites is 1. The average Bonchev–Trinajstić information content (AvgIpc) is 3.35. The number of amidine groups is 1. The van der Waals surface area contributed by atoms with Gasteiger partial charge in [0.15, 0.2) is 16.7 Å². The largest absolute Gasteiger partial charge is 0.493 e. The first-order valence-electron chi connectivity index (χ1n) is 11.8. The molecule has 0 aliphatic carbocycles. The lowest BCUT2D eigenvalue weighted by molar-refractivity contribution is -0.113. The van der Waals surface area contributed by atoms with E-state index in [2.05, 4.69) is 10.2 Å². The van der Waals surface area contributed by atoms with Gasteiger partial charge in [-0.3, -0.25) is 4.79 Å². The molecule has 1 amide bonds. The normalized spacial score (nSPS) is 16.4. The first-order chi connectivity index (χ1) is 18.4. The third-order valence-corrected chi connectivity index (χ3v) is 7.44. The van der Waals surface area contributed by atoms with Gasteiger partial charge in [-0.25, -0.2) is 4.99 Å². The number of nitrogens with one attached hydrogen (secondary N) is 1. The van der Waals surface area contributed by atoms with E-state index in [4.69, 9.17) is 30.8 Å². The number of aliphatic imine (C=N–C) groups is 1. The SMILES string of the molecule is COc1cc([C@H]2C(C(=O)Nc3ccccc3)=C(C)N=C3SC=C(c4ccc(Cl)cc4)N32)cc(OC)c1OC. The molecule has 7 nitrogen and oxygen atoms in total.